The summed E-state index contributed by atoms with van der Waals surface area (Å²) in [6.07, 6.45) is 0.953. The zero-order valence-electron chi connectivity index (χ0n) is 21.8. The predicted molar refractivity (Wildman–Crippen MR) is 145 cm³/mol. The van der Waals surface area contributed by atoms with E-state index in [1.807, 2.05) is 27.1 Å². The number of hydrogen-bond donors (Lipinski definition) is 3. The van der Waals surface area contributed by atoms with Crippen molar-refractivity contribution in [1.29, 1.82) is 0 Å². The Bertz CT molecular complexity index is 1440. The molecule has 0 atom stereocenters. The number of nitrogens with one attached hydrogen (secondary N) is 3. The number of alkyl halides is 3. The maximum absolute atomic E-state index is 13.8. The molecule has 0 radical (unpaired) electrons. The number of likely N-dealkylation sites (tertiary alicyclic amines) is 1. The van der Waals surface area contributed by atoms with Crippen LogP contribution in [0.3, 0.4) is 0 Å². The number of benzene rings is 2. The van der Waals surface area contributed by atoms with Crippen molar-refractivity contribution < 1.29 is 18.0 Å². The lowest BCUT2D eigenvalue weighted by molar-refractivity contribution is -0.137. The summed E-state index contributed by atoms with van der Waals surface area (Å²) in [5, 5.41) is 8.33. The van der Waals surface area contributed by atoms with Crippen LogP contribution in [0.4, 0.5) is 24.5 Å². The Labute approximate surface area is 229 Å². The molecule has 2 aliphatic heterocycles. The number of carbonyl (C=O) groups is 1. The molecule has 3 aromatic rings. The van der Waals surface area contributed by atoms with Crippen molar-refractivity contribution in [3.63, 3.8) is 0 Å². The van der Waals surface area contributed by atoms with Crippen LogP contribution in [0, 0.1) is 13.8 Å². The Morgan fingerprint density at radius 3 is 2.56 bits per heavy atom. The van der Waals surface area contributed by atoms with Gasteiger partial charge in [-0.2, -0.15) is 18.3 Å². The summed E-state index contributed by atoms with van der Waals surface area (Å²) in [6.45, 7) is 5.76. The molecule has 5 rings (SSSR count). The highest BCUT2D eigenvalue weighted by Gasteiger charge is 2.35. The topological polar surface area (TPSA) is 77.5 Å². The third kappa shape index (κ3) is 5.61. The van der Waals surface area contributed by atoms with Crippen LogP contribution in [0.25, 0.3) is 5.70 Å². The molecule has 1 saturated heterocycles. The number of carbonyl (C=O) groups excluding carboxylic acids is 1. The molecule has 206 valence electrons. The fourth-order valence-electron chi connectivity index (χ4n) is 4.82. The summed E-state index contributed by atoms with van der Waals surface area (Å²) in [4.78, 5) is 15.3. The highest BCUT2D eigenvalue weighted by Crippen LogP contribution is 2.39. The average Bonchev–Trinajstić information content (AvgIpc) is 3.63. The van der Waals surface area contributed by atoms with Crippen molar-refractivity contribution in [1.82, 2.24) is 25.6 Å². The van der Waals surface area contributed by atoms with E-state index in [0.717, 1.165) is 54.5 Å². The van der Waals surface area contributed by atoms with Gasteiger partial charge in [-0.3, -0.25) is 19.4 Å². The third-order valence-electron chi connectivity index (χ3n) is 7.13. The number of rotatable bonds is 6. The fraction of sp³-hybridized carbons (Fsp3) is 0.333. The van der Waals surface area contributed by atoms with Gasteiger partial charge in [-0.1, -0.05) is 17.7 Å². The third-order valence-corrected chi connectivity index (χ3v) is 7.58. The van der Waals surface area contributed by atoms with E-state index in [0.29, 0.717) is 23.4 Å². The predicted octanol–water partition coefficient (Wildman–Crippen LogP) is 5.39. The lowest BCUT2D eigenvalue weighted by Crippen LogP contribution is -2.36. The summed E-state index contributed by atoms with van der Waals surface area (Å²) in [5.41, 5.74) is 10.2. The lowest BCUT2D eigenvalue weighted by atomic mass is 10.1. The second kappa shape index (κ2) is 10.6. The van der Waals surface area contributed by atoms with Gasteiger partial charge in [-0.05, 0) is 75.2 Å². The number of hydrazine groups is 2. The zero-order valence-corrected chi connectivity index (χ0v) is 22.5. The van der Waals surface area contributed by atoms with Crippen LogP contribution in [0.1, 0.15) is 51.1 Å². The van der Waals surface area contributed by atoms with Crippen LogP contribution in [0.2, 0.25) is 5.02 Å². The molecule has 3 N–H and O–H groups in total. The normalized spacial score (nSPS) is 16.0. The first-order chi connectivity index (χ1) is 18.5. The summed E-state index contributed by atoms with van der Waals surface area (Å²) in [5.74, 6) is -0.529. The zero-order chi connectivity index (χ0) is 27.9. The summed E-state index contributed by atoms with van der Waals surface area (Å²) >= 11 is 6.19. The average molecular weight is 560 g/mol. The summed E-state index contributed by atoms with van der Waals surface area (Å²) < 4.78 is 43.2. The molecule has 2 aromatic carbocycles. The van der Waals surface area contributed by atoms with Gasteiger partial charge < -0.3 is 10.7 Å². The van der Waals surface area contributed by atoms with Gasteiger partial charge >= 0.3 is 6.18 Å². The van der Waals surface area contributed by atoms with Crippen LogP contribution in [-0.2, 0) is 19.8 Å². The molecular formula is C27H29ClF3N7O. The molecule has 1 amide bonds. The summed E-state index contributed by atoms with van der Waals surface area (Å²) in [6, 6.07) is 7.52. The van der Waals surface area contributed by atoms with Crippen molar-refractivity contribution in [2.75, 3.05) is 23.4 Å². The molecular weight excluding hydrogens is 531 g/mol. The van der Waals surface area contributed by atoms with E-state index in [2.05, 4.69) is 26.3 Å². The van der Waals surface area contributed by atoms with Gasteiger partial charge in [0, 0.05) is 42.3 Å². The van der Waals surface area contributed by atoms with E-state index >= 15 is 0 Å². The fourth-order valence-corrected chi connectivity index (χ4v) is 5.09. The Morgan fingerprint density at radius 1 is 1.15 bits per heavy atom. The number of aryl methyl sites for hydroxylation is 2. The SMILES string of the molecule is Cc1ccc(C(=O)Nc2cc(CN3CCCC3)c(Cl)c(C(F)(F)F)c2)cc1N1C=C(c2cnn(C)c2C)NN1. The molecule has 0 unspecified atom stereocenters. The number of nitrogens with zero attached hydrogens (tertiary/aromatic N) is 4. The summed E-state index contributed by atoms with van der Waals surface area (Å²) in [7, 11) is 1.86. The van der Waals surface area contributed by atoms with E-state index in [9.17, 15) is 18.0 Å². The molecule has 12 heteroatoms. The Hall–Kier alpha value is -3.54. The van der Waals surface area contributed by atoms with E-state index < -0.39 is 17.6 Å². The Balaban J connectivity index is 1.40. The number of halogens is 4. The van der Waals surface area contributed by atoms with E-state index in [4.69, 9.17) is 11.6 Å². The number of amides is 1. The van der Waals surface area contributed by atoms with Gasteiger partial charge in [-0.15, -0.1) is 5.53 Å². The molecule has 0 bridgehead atoms. The molecule has 0 spiro atoms. The molecule has 0 aliphatic carbocycles. The Morgan fingerprint density at radius 2 is 1.90 bits per heavy atom. The van der Waals surface area contributed by atoms with Crippen molar-refractivity contribution in [3.05, 3.63) is 81.3 Å². The van der Waals surface area contributed by atoms with E-state index in [-0.39, 0.29) is 10.7 Å². The smallest absolute Gasteiger partial charge is 0.322 e. The van der Waals surface area contributed by atoms with Gasteiger partial charge in [-0.25, -0.2) is 0 Å². The van der Waals surface area contributed by atoms with E-state index in [1.165, 1.54) is 6.07 Å². The molecule has 0 saturated carbocycles. The van der Waals surface area contributed by atoms with Gasteiger partial charge in [0.05, 0.1) is 28.2 Å². The van der Waals surface area contributed by atoms with Crippen LogP contribution >= 0.6 is 11.6 Å². The molecule has 2 aliphatic rings. The highest BCUT2D eigenvalue weighted by atomic mass is 35.5. The minimum absolute atomic E-state index is 0.0447. The standard InChI is InChI=1S/C27H29ClF3N7O/c1-16-6-7-18(11-24(16)38-15-23(34-35-38)21-13-32-36(3)17(21)2)26(39)33-20-10-19(14-37-8-4-5-9-37)25(28)22(12-20)27(29,30)31/h6-7,10-13,15,34-35H,4-5,8-9,14H2,1-3H3,(H,33,39). The molecule has 8 nitrogen and oxygen atoms in total. The first-order valence-electron chi connectivity index (χ1n) is 12.6. The molecule has 1 aromatic heterocycles. The number of hydrogen-bond acceptors (Lipinski definition) is 6. The minimum Gasteiger partial charge on any atom is -0.322 e. The highest BCUT2D eigenvalue weighted by molar-refractivity contribution is 6.32. The van der Waals surface area contributed by atoms with Gasteiger partial charge in [0.1, 0.15) is 0 Å². The van der Waals surface area contributed by atoms with Crippen molar-refractivity contribution in [3.8, 4) is 0 Å². The minimum atomic E-state index is -4.65. The van der Waals surface area contributed by atoms with Crippen molar-refractivity contribution >= 4 is 34.6 Å². The molecule has 39 heavy (non-hydrogen) atoms. The quantitative estimate of drug-likeness (QED) is 0.376. The second-order valence-corrected chi connectivity index (χ2v) is 10.2. The first kappa shape index (κ1) is 27.0. The first-order valence-corrected chi connectivity index (χ1v) is 12.9. The van der Waals surface area contributed by atoms with Crippen molar-refractivity contribution in [2.24, 2.45) is 7.05 Å². The maximum atomic E-state index is 13.8. The number of aromatic nitrogens is 2. The maximum Gasteiger partial charge on any atom is 0.417 e. The van der Waals surface area contributed by atoms with E-state index in [1.54, 1.807) is 34.1 Å². The lowest BCUT2D eigenvalue weighted by Gasteiger charge is -2.20. The monoisotopic (exact) mass is 559 g/mol. The van der Waals surface area contributed by atoms with Crippen LogP contribution in [0.15, 0.2) is 42.7 Å². The van der Waals surface area contributed by atoms with Gasteiger partial charge in [0.25, 0.3) is 5.91 Å². The second-order valence-electron chi connectivity index (χ2n) is 9.85. The Kier molecular flexibility index (Phi) is 7.32. The molecule has 1 fully saturated rings. The van der Waals surface area contributed by atoms with Crippen LogP contribution in [0.5, 0.6) is 0 Å². The van der Waals surface area contributed by atoms with Crippen LogP contribution in [-0.4, -0.2) is 33.7 Å². The molecule has 3 heterocycles. The number of anilines is 2. The van der Waals surface area contributed by atoms with Crippen LogP contribution < -0.4 is 21.3 Å². The van der Waals surface area contributed by atoms with Crippen molar-refractivity contribution in [2.45, 2.75) is 39.4 Å². The largest absolute Gasteiger partial charge is 0.417 e. The van der Waals surface area contributed by atoms with Gasteiger partial charge in [0.2, 0.25) is 0 Å². The van der Waals surface area contributed by atoms with Gasteiger partial charge in [0.15, 0.2) is 0 Å².